The molecule has 0 fully saturated rings. The maximum Gasteiger partial charge on any atom is 0.244 e. The van der Waals surface area contributed by atoms with E-state index >= 15 is 0 Å². The normalized spacial score (nSPS) is 11.7. The third-order valence-electron chi connectivity index (χ3n) is 4.49. The predicted octanol–water partition coefficient (Wildman–Crippen LogP) is 4.29. The van der Waals surface area contributed by atoms with Crippen molar-refractivity contribution in [3.8, 4) is 0 Å². The van der Waals surface area contributed by atoms with E-state index in [1.807, 2.05) is 76.2 Å². The molecule has 0 aliphatic carbocycles. The second-order valence-electron chi connectivity index (χ2n) is 8.09. The molecule has 0 radical (unpaired) electrons. The number of benzene rings is 2. The molecule has 2 aromatic carbocycles. The Kier molecular flexibility index (Phi) is 7.96. The molecule has 0 spiro atoms. The number of hydrogen-bond acceptors (Lipinski definition) is 2. The topological polar surface area (TPSA) is 58.2 Å². The minimum absolute atomic E-state index is 0.149. The van der Waals surface area contributed by atoms with Gasteiger partial charge in [0, 0.05) is 25.2 Å². The number of carbonyl (C=O) groups is 2. The summed E-state index contributed by atoms with van der Waals surface area (Å²) in [4.78, 5) is 24.1. The molecule has 0 atom stereocenters. The van der Waals surface area contributed by atoms with Crippen molar-refractivity contribution in [1.29, 1.82) is 0 Å². The number of carbonyl (C=O) groups excluding carboxylic acids is 2. The number of nitrogens with one attached hydrogen (secondary N) is 2. The Labute approximate surface area is 173 Å². The Hall–Kier alpha value is -3.14. The molecular weight excluding hydrogens is 360 g/mol. The summed E-state index contributed by atoms with van der Waals surface area (Å²) in [5.74, 6) is -0.298. The van der Waals surface area contributed by atoms with Gasteiger partial charge in [0.05, 0.1) is 0 Å². The summed E-state index contributed by atoms with van der Waals surface area (Å²) >= 11 is 0. The van der Waals surface area contributed by atoms with Crippen LogP contribution in [0.25, 0.3) is 12.2 Å². The molecule has 152 valence electrons. The van der Waals surface area contributed by atoms with Crippen LogP contribution in [0.5, 0.6) is 0 Å². The summed E-state index contributed by atoms with van der Waals surface area (Å²) in [5.41, 5.74) is 4.07. The van der Waals surface area contributed by atoms with Gasteiger partial charge >= 0.3 is 0 Å². The van der Waals surface area contributed by atoms with Crippen LogP contribution in [0.2, 0.25) is 0 Å². The third-order valence-corrected chi connectivity index (χ3v) is 4.49. The molecule has 0 bridgehead atoms. The molecule has 2 aromatic rings. The van der Waals surface area contributed by atoms with E-state index < -0.39 is 0 Å². The largest absolute Gasteiger partial charge is 0.352 e. The van der Waals surface area contributed by atoms with Gasteiger partial charge in [0.2, 0.25) is 11.8 Å². The molecule has 4 heteroatoms. The molecule has 2 rings (SSSR count). The lowest BCUT2D eigenvalue weighted by atomic mass is 9.93. The quantitative estimate of drug-likeness (QED) is 0.661. The molecule has 0 aliphatic rings. The van der Waals surface area contributed by atoms with Crippen molar-refractivity contribution < 1.29 is 9.59 Å². The minimum Gasteiger partial charge on any atom is -0.352 e. The van der Waals surface area contributed by atoms with Crippen molar-refractivity contribution in [3.05, 3.63) is 82.9 Å². The van der Waals surface area contributed by atoms with Crippen LogP contribution in [-0.4, -0.2) is 24.9 Å². The fourth-order valence-electron chi connectivity index (χ4n) is 2.53. The molecule has 2 amide bonds. The highest BCUT2D eigenvalue weighted by molar-refractivity contribution is 5.92. The van der Waals surface area contributed by atoms with Crippen molar-refractivity contribution in [3.63, 3.8) is 0 Å². The molecule has 0 heterocycles. The second kappa shape index (κ2) is 10.4. The maximum atomic E-state index is 12.1. The summed E-state index contributed by atoms with van der Waals surface area (Å²) in [6.07, 6.45) is 6.64. The summed E-state index contributed by atoms with van der Waals surface area (Å²) in [6.45, 7) is 8.98. The minimum atomic E-state index is -0.263. The van der Waals surface area contributed by atoms with Crippen LogP contribution in [0.4, 0.5) is 0 Å². The van der Waals surface area contributed by atoms with Crippen LogP contribution >= 0.6 is 0 Å². The average molecular weight is 391 g/mol. The zero-order chi connectivity index (χ0) is 21.3. The maximum absolute atomic E-state index is 12.1. The highest BCUT2D eigenvalue weighted by Gasteiger charge is 2.19. The van der Waals surface area contributed by atoms with E-state index in [1.54, 1.807) is 12.2 Å². The Morgan fingerprint density at radius 1 is 0.724 bits per heavy atom. The molecule has 0 saturated carbocycles. The van der Waals surface area contributed by atoms with Crippen LogP contribution < -0.4 is 10.6 Å². The van der Waals surface area contributed by atoms with E-state index in [1.165, 1.54) is 23.3 Å². The Morgan fingerprint density at radius 3 is 1.41 bits per heavy atom. The van der Waals surface area contributed by atoms with Crippen LogP contribution in [-0.2, 0) is 9.59 Å². The van der Waals surface area contributed by atoms with Gasteiger partial charge < -0.3 is 10.6 Å². The van der Waals surface area contributed by atoms with E-state index in [9.17, 15) is 9.59 Å². The lowest BCUT2D eigenvalue weighted by molar-refractivity contribution is -0.116. The smallest absolute Gasteiger partial charge is 0.244 e. The molecule has 2 N–H and O–H groups in total. The van der Waals surface area contributed by atoms with Crippen LogP contribution in [0.15, 0.2) is 60.7 Å². The number of rotatable bonds is 8. The summed E-state index contributed by atoms with van der Waals surface area (Å²) < 4.78 is 0. The van der Waals surface area contributed by atoms with Crippen LogP contribution in [0, 0.1) is 19.3 Å². The molecule has 4 nitrogen and oxygen atoms in total. The molecule has 29 heavy (non-hydrogen) atoms. The lowest BCUT2D eigenvalue weighted by Crippen LogP contribution is -2.41. The van der Waals surface area contributed by atoms with E-state index in [-0.39, 0.29) is 17.2 Å². The molecule has 0 saturated heterocycles. The number of hydrogen-bond donors (Lipinski definition) is 2. The monoisotopic (exact) mass is 390 g/mol. The van der Waals surface area contributed by atoms with Gasteiger partial charge in [-0.2, -0.15) is 0 Å². The Bertz CT molecular complexity index is 803. The standard InChI is InChI=1S/C25H30N2O2/c1-19-5-9-21(10-6-19)13-15-23(28)26-17-25(3,4)18-27-24(29)16-14-22-11-7-20(2)8-12-22/h5-16H,17-18H2,1-4H3,(H,26,28)(H,27,29). The average Bonchev–Trinajstić information content (AvgIpc) is 2.70. The van der Waals surface area contributed by atoms with Crippen molar-refractivity contribution in [2.45, 2.75) is 27.7 Å². The SMILES string of the molecule is Cc1ccc(C=CC(=O)NCC(C)(C)CNC(=O)C=Cc2ccc(C)cc2)cc1. The molecule has 0 unspecified atom stereocenters. The van der Waals surface area contributed by atoms with Gasteiger partial charge in [0.15, 0.2) is 0 Å². The first-order chi connectivity index (χ1) is 13.7. The summed E-state index contributed by atoms with van der Waals surface area (Å²) in [5, 5.41) is 5.79. The summed E-state index contributed by atoms with van der Waals surface area (Å²) in [7, 11) is 0. The van der Waals surface area contributed by atoms with Crippen molar-refractivity contribution in [2.75, 3.05) is 13.1 Å². The van der Waals surface area contributed by atoms with E-state index in [0.29, 0.717) is 13.1 Å². The fraction of sp³-hybridized carbons (Fsp3) is 0.280. The highest BCUT2D eigenvalue weighted by atomic mass is 16.2. The third kappa shape index (κ3) is 8.60. The lowest BCUT2D eigenvalue weighted by Gasteiger charge is -2.24. The Morgan fingerprint density at radius 2 is 1.07 bits per heavy atom. The van der Waals surface area contributed by atoms with Gasteiger partial charge in [-0.15, -0.1) is 0 Å². The predicted molar refractivity (Wildman–Crippen MR) is 120 cm³/mol. The Balaban J connectivity index is 1.75. The van der Waals surface area contributed by atoms with Gasteiger partial charge in [-0.3, -0.25) is 9.59 Å². The van der Waals surface area contributed by atoms with Gasteiger partial charge in [0.25, 0.3) is 0 Å². The zero-order valence-electron chi connectivity index (χ0n) is 17.7. The molecule has 0 aliphatic heterocycles. The first-order valence-corrected chi connectivity index (χ1v) is 9.79. The first kappa shape index (κ1) is 22.2. The highest BCUT2D eigenvalue weighted by Crippen LogP contribution is 2.12. The van der Waals surface area contributed by atoms with E-state index in [2.05, 4.69) is 10.6 Å². The van der Waals surface area contributed by atoms with Gasteiger partial charge in [-0.25, -0.2) is 0 Å². The van der Waals surface area contributed by atoms with E-state index in [4.69, 9.17) is 0 Å². The first-order valence-electron chi connectivity index (χ1n) is 9.79. The molecular formula is C25H30N2O2. The van der Waals surface area contributed by atoms with Crippen LogP contribution in [0.3, 0.4) is 0 Å². The number of amides is 2. The van der Waals surface area contributed by atoms with Gasteiger partial charge in [-0.05, 0) is 42.5 Å². The van der Waals surface area contributed by atoms with Crippen LogP contribution in [0.1, 0.15) is 36.1 Å². The van der Waals surface area contributed by atoms with Gasteiger partial charge in [-0.1, -0.05) is 73.5 Å². The van der Waals surface area contributed by atoms with Crippen molar-refractivity contribution >= 4 is 24.0 Å². The fourth-order valence-corrected chi connectivity index (χ4v) is 2.53. The van der Waals surface area contributed by atoms with Crippen molar-refractivity contribution in [1.82, 2.24) is 10.6 Å². The molecule has 0 aromatic heterocycles. The van der Waals surface area contributed by atoms with Gasteiger partial charge in [0.1, 0.15) is 0 Å². The second-order valence-corrected chi connectivity index (χ2v) is 8.09. The number of aryl methyl sites for hydroxylation is 2. The zero-order valence-corrected chi connectivity index (χ0v) is 17.7. The van der Waals surface area contributed by atoms with Crippen molar-refractivity contribution in [2.24, 2.45) is 5.41 Å². The summed E-state index contributed by atoms with van der Waals surface area (Å²) in [6, 6.07) is 15.9. The van der Waals surface area contributed by atoms with E-state index in [0.717, 1.165) is 11.1 Å².